The number of aromatic nitrogens is 1. The van der Waals surface area contributed by atoms with Gasteiger partial charge in [0.25, 0.3) is 0 Å². The van der Waals surface area contributed by atoms with Gasteiger partial charge in [0.2, 0.25) is 0 Å². The zero-order chi connectivity index (χ0) is 18.9. The molecule has 0 spiro atoms. The lowest BCUT2D eigenvalue weighted by atomic mass is 10.1. The van der Waals surface area contributed by atoms with Gasteiger partial charge in [0.15, 0.2) is 5.96 Å². The van der Waals surface area contributed by atoms with Crippen LogP contribution >= 0.6 is 24.0 Å². The number of guanidine groups is 1. The Bertz CT molecular complexity index is 527. The highest BCUT2D eigenvalue weighted by atomic mass is 127. The number of nitrogens with zero attached hydrogens (tertiary/aromatic N) is 3. The number of rotatable bonds is 9. The first-order valence-electron chi connectivity index (χ1n) is 8.46. The van der Waals surface area contributed by atoms with Crippen LogP contribution in [0.2, 0.25) is 0 Å². The molecule has 0 radical (unpaired) electrons. The van der Waals surface area contributed by atoms with Gasteiger partial charge in [-0.15, -0.1) is 24.0 Å². The van der Waals surface area contributed by atoms with Crippen LogP contribution in [0.25, 0.3) is 0 Å². The van der Waals surface area contributed by atoms with E-state index in [1.54, 1.807) is 7.05 Å². The van der Waals surface area contributed by atoms with Crippen LogP contribution in [0.3, 0.4) is 0 Å². The molecule has 1 rings (SSSR count). The van der Waals surface area contributed by atoms with E-state index in [9.17, 15) is 13.2 Å². The molecule has 0 aliphatic heterocycles. The third-order valence-electron chi connectivity index (χ3n) is 3.72. The van der Waals surface area contributed by atoms with E-state index in [1.165, 1.54) is 11.9 Å². The largest absolute Gasteiger partial charge is 0.401 e. The van der Waals surface area contributed by atoms with Crippen LogP contribution in [-0.2, 0) is 19.4 Å². The van der Waals surface area contributed by atoms with E-state index in [-0.39, 0.29) is 24.0 Å². The van der Waals surface area contributed by atoms with Crippen LogP contribution < -0.4 is 10.6 Å². The van der Waals surface area contributed by atoms with Crippen LogP contribution in [0, 0.1) is 0 Å². The lowest BCUT2D eigenvalue weighted by molar-refractivity contribution is -0.143. The van der Waals surface area contributed by atoms with Crippen molar-refractivity contribution in [2.24, 2.45) is 4.99 Å². The van der Waals surface area contributed by atoms with E-state index in [0.717, 1.165) is 29.9 Å². The van der Waals surface area contributed by atoms with Crippen LogP contribution in [0.4, 0.5) is 13.2 Å². The molecular formula is C16H29F3IN5O. The SMILES string of the molecule is CCc1noc(CC)c1CNC(=NC)NCCCN(C)CC(F)(F)F.I. The van der Waals surface area contributed by atoms with Crippen molar-refractivity contribution < 1.29 is 17.7 Å². The predicted molar refractivity (Wildman–Crippen MR) is 107 cm³/mol. The number of aliphatic imine (C=N–C) groups is 1. The van der Waals surface area contributed by atoms with E-state index in [0.29, 0.717) is 32.0 Å². The average molecular weight is 491 g/mol. The molecule has 0 amide bonds. The number of nitrogens with one attached hydrogen (secondary N) is 2. The average Bonchev–Trinajstić information content (AvgIpc) is 2.94. The van der Waals surface area contributed by atoms with Crippen LogP contribution in [0.5, 0.6) is 0 Å². The molecule has 0 bridgehead atoms. The molecular weight excluding hydrogens is 462 g/mol. The van der Waals surface area contributed by atoms with Gasteiger partial charge >= 0.3 is 6.18 Å². The number of alkyl halides is 3. The fourth-order valence-corrected chi connectivity index (χ4v) is 2.47. The molecule has 0 fully saturated rings. The Morgan fingerprint density at radius 2 is 1.92 bits per heavy atom. The molecule has 6 nitrogen and oxygen atoms in total. The Hall–Kier alpha value is -1.04. The van der Waals surface area contributed by atoms with Gasteiger partial charge in [-0.2, -0.15) is 13.2 Å². The molecule has 10 heteroatoms. The summed E-state index contributed by atoms with van der Waals surface area (Å²) < 4.78 is 42.1. The van der Waals surface area contributed by atoms with Gasteiger partial charge in [-0.3, -0.25) is 9.89 Å². The Morgan fingerprint density at radius 1 is 1.23 bits per heavy atom. The van der Waals surface area contributed by atoms with Crippen molar-refractivity contribution in [3.8, 4) is 0 Å². The van der Waals surface area contributed by atoms with Crippen LogP contribution in [-0.4, -0.2) is 55.9 Å². The summed E-state index contributed by atoms with van der Waals surface area (Å²) in [6.07, 6.45) is -2.02. The first-order valence-corrected chi connectivity index (χ1v) is 8.46. The van der Waals surface area contributed by atoms with Crippen molar-refractivity contribution in [1.29, 1.82) is 0 Å². The second kappa shape index (κ2) is 12.4. The number of halogens is 4. The second-order valence-electron chi connectivity index (χ2n) is 5.80. The van der Waals surface area contributed by atoms with Gasteiger partial charge in [0.1, 0.15) is 5.76 Å². The number of hydrogen-bond donors (Lipinski definition) is 2. The molecule has 152 valence electrons. The van der Waals surface area contributed by atoms with Gasteiger partial charge in [-0.25, -0.2) is 0 Å². The van der Waals surface area contributed by atoms with E-state index in [4.69, 9.17) is 4.52 Å². The first-order chi connectivity index (χ1) is 11.8. The highest BCUT2D eigenvalue weighted by molar-refractivity contribution is 14.0. The molecule has 0 aromatic carbocycles. The monoisotopic (exact) mass is 491 g/mol. The Balaban J connectivity index is 0.00000625. The molecule has 0 atom stereocenters. The van der Waals surface area contributed by atoms with Crippen LogP contribution in [0.1, 0.15) is 37.3 Å². The molecule has 1 aromatic rings. The van der Waals surface area contributed by atoms with Crippen molar-refractivity contribution in [2.45, 2.75) is 45.8 Å². The summed E-state index contributed by atoms with van der Waals surface area (Å²) in [5, 5.41) is 10.4. The molecule has 0 aliphatic carbocycles. The maximum absolute atomic E-state index is 12.3. The fraction of sp³-hybridized carbons (Fsp3) is 0.750. The van der Waals surface area contributed by atoms with E-state index >= 15 is 0 Å². The highest BCUT2D eigenvalue weighted by Crippen LogP contribution is 2.16. The van der Waals surface area contributed by atoms with Crippen molar-refractivity contribution in [2.75, 3.05) is 33.7 Å². The minimum atomic E-state index is -4.16. The fourth-order valence-electron chi connectivity index (χ4n) is 2.47. The summed E-state index contributed by atoms with van der Waals surface area (Å²) >= 11 is 0. The molecule has 1 aromatic heterocycles. The van der Waals surface area contributed by atoms with Crippen molar-refractivity contribution in [3.05, 3.63) is 17.0 Å². The minimum Gasteiger partial charge on any atom is -0.361 e. The van der Waals surface area contributed by atoms with E-state index in [2.05, 4.69) is 20.8 Å². The summed E-state index contributed by atoms with van der Waals surface area (Å²) in [6.45, 7) is 4.57. The van der Waals surface area contributed by atoms with Gasteiger partial charge in [0, 0.05) is 32.1 Å². The number of hydrogen-bond acceptors (Lipinski definition) is 4. The Labute approximate surface area is 170 Å². The molecule has 2 N–H and O–H groups in total. The molecule has 26 heavy (non-hydrogen) atoms. The topological polar surface area (TPSA) is 65.7 Å². The van der Waals surface area contributed by atoms with Crippen molar-refractivity contribution in [1.82, 2.24) is 20.7 Å². The zero-order valence-electron chi connectivity index (χ0n) is 15.7. The van der Waals surface area contributed by atoms with Crippen molar-refractivity contribution >= 4 is 29.9 Å². The lowest BCUT2D eigenvalue weighted by Gasteiger charge is -2.19. The van der Waals surface area contributed by atoms with Gasteiger partial charge < -0.3 is 15.2 Å². The predicted octanol–water partition coefficient (Wildman–Crippen LogP) is 2.97. The second-order valence-corrected chi connectivity index (χ2v) is 5.80. The Morgan fingerprint density at radius 3 is 2.46 bits per heavy atom. The first kappa shape index (κ1) is 25.0. The quantitative estimate of drug-likeness (QED) is 0.241. The third-order valence-corrected chi connectivity index (χ3v) is 3.72. The van der Waals surface area contributed by atoms with E-state index < -0.39 is 12.7 Å². The molecule has 0 saturated heterocycles. The maximum Gasteiger partial charge on any atom is 0.401 e. The zero-order valence-corrected chi connectivity index (χ0v) is 18.1. The Kier molecular flexibility index (Phi) is 11.9. The van der Waals surface area contributed by atoms with Gasteiger partial charge in [0.05, 0.1) is 12.2 Å². The van der Waals surface area contributed by atoms with Crippen molar-refractivity contribution in [3.63, 3.8) is 0 Å². The summed E-state index contributed by atoms with van der Waals surface area (Å²) in [6, 6.07) is 0. The third kappa shape index (κ3) is 9.06. The summed E-state index contributed by atoms with van der Waals surface area (Å²) in [7, 11) is 3.12. The molecule has 1 heterocycles. The minimum absolute atomic E-state index is 0. The molecule has 0 saturated carbocycles. The number of aryl methyl sites for hydroxylation is 2. The van der Waals surface area contributed by atoms with Gasteiger partial charge in [-0.05, 0) is 26.4 Å². The highest BCUT2D eigenvalue weighted by Gasteiger charge is 2.28. The lowest BCUT2D eigenvalue weighted by Crippen LogP contribution is -2.39. The summed E-state index contributed by atoms with van der Waals surface area (Å²) in [5.74, 6) is 1.46. The smallest absolute Gasteiger partial charge is 0.361 e. The summed E-state index contributed by atoms with van der Waals surface area (Å²) in [5.41, 5.74) is 1.96. The molecule has 0 unspecified atom stereocenters. The maximum atomic E-state index is 12.3. The van der Waals surface area contributed by atoms with Gasteiger partial charge in [-0.1, -0.05) is 19.0 Å². The normalized spacial score (nSPS) is 12.2. The standard InChI is InChI=1S/C16H28F3N5O.HI/c1-5-13-12(14(6-2)25-23-13)10-22-15(20-3)21-8-7-9-24(4)11-16(17,18)19;/h5-11H2,1-4H3,(H2,20,21,22);1H. The molecule has 0 aliphatic rings. The van der Waals surface area contributed by atoms with E-state index in [1.807, 2.05) is 13.8 Å². The summed E-state index contributed by atoms with van der Waals surface area (Å²) in [4.78, 5) is 5.38. The van der Waals surface area contributed by atoms with Crippen LogP contribution in [0.15, 0.2) is 9.52 Å².